The molecule has 0 heterocycles. The van der Waals surface area contributed by atoms with Gasteiger partial charge < -0.3 is 9.84 Å². The maximum atomic E-state index is 11.3. The van der Waals surface area contributed by atoms with Crippen molar-refractivity contribution in [2.45, 2.75) is 27.7 Å². The van der Waals surface area contributed by atoms with Gasteiger partial charge in [-0.15, -0.1) is 0 Å². The smallest absolute Gasteiger partial charge is 0.312 e. The average Bonchev–Trinajstić information content (AvgIpc) is 2.02. The zero-order valence-corrected chi connectivity index (χ0v) is 8.67. The molecule has 0 aliphatic heterocycles. The molecule has 0 saturated carbocycles. The number of esters is 1. The molecule has 1 N–H and O–H groups in total. The number of hydrogen-bond acceptors (Lipinski definition) is 3. The molecule has 0 radical (unpaired) electrons. The van der Waals surface area contributed by atoms with Crippen LogP contribution in [0.15, 0.2) is 0 Å². The second-order valence-corrected chi connectivity index (χ2v) is 4.05. The van der Waals surface area contributed by atoms with Crippen molar-refractivity contribution in [3.63, 3.8) is 0 Å². The van der Waals surface area contributed by atoms with Gasteiger partial charge in [-0.1, -0.05) is 0 Å². The van der Waals surface area contributed by atoms with Gasteiger partial charge in [-0.3, -0.25) is 9.59 Å². The van der Waals surface area contributed by atoms with Crippen molar-refractivity contribution in [2.24, 2.45) is 10.8 Å². The molecule has 0 aromatic heterocycles. The van der Waals surface area contributed by atoms with E-state index in [2.05, 4.69) is 4.74 Å². The van der Waals surface area contributed by atoms with Gasteiger partial charge in [0.05, 0.1) is 17.9 Å². The predicted molar refractivity (Wildman–Crippen MR) is 47.2 cm³/mol. The van der Waals surface area contributed by atoms with Crippen LogP contribution in [0.2, 0.25) is 0 Å². The summed E-state index contributed by atoms with van der Waals surface area (Å²) in [7, 11) is 1.25. The summed E-state index contributed by atoms with van der Waals surface area (Å²) in [6.45, 7) is 6.14. The van der Waals surface area contributed by atoms with Crippen molar-refractivity contribution in [1.82, 2.24) is 0 Å². The number of carbonyl (C=O) groups is 2. The largest absolute Gasteiger partial charge is 0.481 e. The molecule has 4 nitrogen and oxygen atoms in total. The van der Waals surface area contributed by atoms with Crippen LogP contribution < -0.4 is 0 Å². The topological polar surface area (TPSA) is 63.6 Å². The highest BCUT2D eigenvalue weighted by Gasteiger charge is 2.49. The third kappa shape index (κ3) is 1.82. The van der Waals surface area contributed by atoms with Crippen LogP contribution in [-0.4, -0.2) is 24.2 Å². The Bertz CT molecular complexity index is 228. The Hall–Kier alpha value is -1.06. The first kappa shape index (κ1) is 11.9. The highest BCUT2D eigenvalue weighted by molar-refractivity contribution is 5.86. The van der Waals surface area contributed by atoms with Crippen molar-refractivity contribution in [3.8, 4) is 0 Å². The SMILES string of the molecule is COC(=O)C(C)(C)C(C)(C)C(=O)O. The molecule has 0 unspecified atom stereocenters. The lowest BCUT2D eigenvalue weighted by molar-refractivity contribution is -0.170. The van der Waals surface area contributed by atoms with E-state index in [-0.39, 0.29) is 0 Å². The summed E-state index contributed by atoms with van der Waals surface area (Å²) in [6, 6.07) is 0. The summed E-state index contributed by atoms with van der Waals surface area (Å²) < 4.78 is 4.55. The molecule has 0 aliphatic carbocycles. The van der Waals surface area contributed by atoms with Crippen LogP contribution in [0.5, 0.6) is 0 Å². The Labute approximate surface area is 77.9 Å². The molecule has 0 rings (SSSR count). The normalized spacial score (nSPS) is 12.4. The fourth-order valence-electron chi connectivity index (χ4n) is 0.778. The minimum absolute atomic E-state index is 0.514. The summed E-state index contributed by atoms with van der Waals surface area (Å²) >= 11 is 0. The molecule has 0 bridgehead atoms. The quantitative estimate of drug-likeness (QED) is 0.678. The maximum Gasteiger partial charge on any atom is 0.312 e. The zero-order valence-electron chi connectivity index (χ0n) is 8.67. The molecule has 76 valence electrons. The van der Waals surface area contributed by atoms with Crippen molar-refractivity contribution in [2.75, 3.05) is 7.11 Å². The molecular weight excluding hydrogens is 172 g/mol. The highest BCUT2D eigenvalue weighted by atomic mass is 16.5. The first-order chi connectivity index (χ1) is 5.67. The molecule has 0 aromatic carbocycles. The van der Waals surface area contributed by atoms with Crippen molar-refractivity contribution in [1.29, 1.82) is 0 Å². The first-order valence-corrected chi connectivity index (χ1v) is 3.99. The Kier molecular flexibility index (Phi) is 3.08. The molecule has 0 atom stereocenters. The zero-order chi connectivity index (χ0) is 10.9. The highest BCUT2D eigenvalue weighted by Crippen LogP contribution is 2.39. The predicted octanol–water partition coefficient (Wildman–Crippen LogP) is 1.30. The van der Waals surface area contributed by atoms with E-state index >= 15 is 0 Å². The Morgan fingerprint density at radius 2 is 1.46 bits per heavy atom. The minimum atomic E-state index is -1.14. The van der Waals surface area contributed by atoms with E-state index in [1.807, 2.05) is 0 Å². The van der Waals surface area contributed by atoms with E-state index in [1.54, 1.807) is 13.8 Å². The molecule has 4 heteroatoms. The first-order valence-electron chi connectivity index (χ1n) is 3.99. The lowest BCUT2D eigenvalue weighted by Crippen LogP contribution is -2.45. The second kappa shape index (κ2) is 3.36. The Balaban J connectivity index is 5.02. The Morgan fingerprint density at radius 1 is 1.08 bits per heavy atom. The van der Waals surface area contributed by atoms with Crippen molar-refractivity contribution < 1.29 is 19.4 Å². The summed E-state index contributed by atoms with van der Waals surface area (Å²) in [5.41, 5.74) is -2.17. The number of ether oxygens (including phenoxy) is 1. The fraction of sp³-hybridized carbons (Fsp3) is 0.778. The van der Waals surface area contributed by atoms with Gasteiger partial charge in [-0.25, -0.2) is 0 Å². The van der Waals surface area contributed by atoms with Crippen LogP contribution in [0.4, 0.5) is 0 Å². The van der Waals surface area contributed by atoms with E-state index in [4.69, 9.17) is 5.11 Å². The molecular formula is C9H16O4. The number of carbonyl (C=O) groups excluding carboxylic acids is 1. The standard InChI is InChI=1S/C9H16O4/c1-8(2,6(10)11)9(3,4)7(12)13-5/h1-5H3,(H,10,11). The van der Waals surface area contributed by atoms with Gasteiger partial charge in [0.15, 0.2) is 0 Å². The minimum Gasteiger partial charge on any atom is -0.481 e. The molecule has 0 saturated heterocycles. The molecule has 0 spiro atoms. The van der Waals surface area contributed by atoms with Crippen LogP contribution in [-0.2, 0) is 14.3 Å². The average molecular weight is 188 g/mol. The fourth-order valence-corrected chi connectivity index (χ4v) is 0.778. The molecule has 13 heavy (non-hydrogen) atoms. The second-order valence-electron chi connectivity index (χ2n) is 4.05. The number of carboxylic acid groups (broad SMARTS) is 1. The van der Waals surface area contributed by atoms with E-state index in [9.17, 15) is 9.59 Å². The lowest BCUT2D eigenvalue weighted by Gasteiger charge is -2.34. The van der Waals surface area contributed by atoms with Crippen molar-refractivity contribution in [3.05, 3.63) is 0 Å². The Morgan fingerprint density at radius 3 is 1.69 bits per heavy atom. The van der Waals surface area contributed by atoms with Gasteiger partial charge in [0.25, 0.3) is 0 Å². The third-order valence-corrected chi connectivity index (χ3v) is 2.79. The van der Waals surface area contributed by atoms with Crippen LogP contribution in [0.1, 0.15) is 27.7 Å². The summed E-state index contributed by atoms with van der Waals surface area (Å²) in [5.74, 6) is -1.53. The molecule has 0 fully saturated rings. The van der Waals surface area contributed by atoms with Crippen molar-refractivity contribution >= 4 is 11.9 Å². The molecule has 0 aromatic rings. The summed E-state index contributed by atoms with van der Waals surface area (Å²) in [5, 5.41) is 8.91. The van der Waals surface area contributed by atoms with Gasteiger partial charge in [0, 0.05) is 0 Å². The van der Waals surface area contributed by atoms with E-state index in [1.165, 1.54) is 21.0 Å². The van der Waals surface area contributed by atoms with Gasteiger partial charge >= 0.3 is 11.9 Å². The molecule has 0 amide bonds. The summed E-state index contributed by atoms with van der Waals surface area (Å²) in [6.07, 6.45) is 0. The number of rotatable bonds is 3. The van der Waals surface area contributed by atoms with Gasteiger partial charge in [0.2, 0.25) is 0 Å². The third-order valence-electron chi connectivity index (χ3n) is 2.79. The van der Waals surface area contributed by atoms with E-state index < -0.39 is 22.8 Å². The lowest BCUT2D eigenvalue weighted by atomic mass is 9.68. The van der Waals surface area contributed by atoms with Crippen LogP contribution >= 0.6 is 0 Å². The van der Waals surface area contributed by atoms with E-state index in [0.717, 1.165) is 0 Å². The van der Waals surface area contributed by atoms with E-state index in [0.29, 0.717) is 0 Å². The number of methoxy groups -OCH3 is 1. The summed E-state index contributed by atoms with van der Waals surface area (Å²) in [4.78, 5) is 22.2. The van der Waals surface area contributed by atoms with Crippen LogP contribution in [0.25, 0.3) is 0 Å². The van der Waals surface area contributed by atoms with Crippen LogP contribution in [0.3, 0.4) is 0 Å². The number of aliphatic carboxylic acids is 1. The molecule has 0 aliphatic rings. The van der Waals surface area contributed by atoms with Gasteiger partial charge in [-0.05, 0) is 27.7 Å². The number of hydrogen-bond donors (Lipinski definition) is 1. The monoisotopic (exact) mass is 188 g/mol. The van der Waals surface area contributed by atoms with Crippen LogP contribution in [0, 0.1) is 10.8 Å². The maximum absolute atomic E-state index is 11.3. The van der Waals surface area contributed by atoms with Gasteiger partial charge in [-0.2, -0.15) is 0 Å². The number of carboxylic acids is 1. The van der Waals surface area contributed by atoms with Gasteiger partial charge in [0.1, 0.15) is 0 Å².